The number of aryl methyl sites for hydroxylation is 1. The number of nitrogens with one attached hydrogen (secondary N) is 1. The molecule has 0 amide bonds. The van der Waals surface area contributed by atoms with Gasteiger partial charge in [-0.25, -0.2) is 13.1 Å². The molecule has 1 aliphatic rings. The second kappa shape index (κ2) is 5.98. The fourth-order valence-electron chi connectivity index (χ4n) is 2.76. The van der Waals surface area contributed by atoms with E-state index in [1.54, 1.807) is 25.3 Å². The summed E-state index contributed by atoms with van der Waals surface area (Å²) in [6.07, 6.45) is 1.99. The van der Waals surface area contributed by atoms with Crippen LogP contribution < -0.4 is 9.46 Å². The molecular formula is C18H21NO3S. The summed E-state index contributed by atoms with van der Waals surface area (Å²) in [7, 11) is -1.83. The first-order chi connectivity index (χ1) is 11.0. The lowest BCUT2D eigenvalue weighted by atomic mass is 9.96. The summed E-state index contributed by atoms with van der Waals surface area (Å²) in [5.74, 6) is 0.810. The van der Waals surface area contributed by atoms with Gasteiger partial charge in [0.25, 0.3) is 0 Å². The third-order valence-corrected chi connectivity index (χ3v) is 5.86. The summed E-state index contributed by atoms with van der Waals surface area (Å²) in [6, 6.07) is 14.9. The van der Waals surface area contributed by atoms with Gasteiger partial charge in [0.15, 0.2) is 0 Å². The molecule has 0 heterocycles. The van der Waals surface area contributed by atoms with E-state index in [9.17, 15) is 8.42 Å². The van der Waals surface area contributed by atoms with E-state index < -0.39 is 10.0 Å². The molecule has 0 spiro atoms. The van der Waals surface area contributed by atoms with E-state index in [-0.39, 0.29) is 5.41 Å². The second-order valence-corrected chi connectivity index (χ2v) is 7.92. The smallest absolute Gasteiger partial charge is 0.240 e. The number of benzene rings is 2. The molecule has 122 valence electrons. The van der Waals surface area contributed by atoms with Crippen molar-refractivity contribution < 1.29 is 13.2 Å². The minimum Gasteiger partial charge on any atom is -0.497 e. The SMILES string of the molecule is COc1ccc(C2(CNS(=O)(=O)c3cccc(C)c3)CC2)cc1. The summed E-state index contributed by atoms with van der Waals surface area (Å²) in [6.45, 7) is 2.31. The van der Waals surface area contributed by atoms with Gasteiger partial charge >= 0.3 is 0 Å². The van der Waals surface area contributed by atoms with Crippen molar-refractivity contribution in [3.8, 4) is 5.75 Å². The molecule has 1 aliphatic carbocycles. The lowest BCUT2D eigenvalue weighted by Gasteiger charge is -2.17. The molecule has 0 bridgehead atoms. The van der Waals surface area contributed by atoms with Gasteiger partial charge in [0.2, 0.25) is 10.0 Å². The van der Waals surface area contributed by atoms with E-state index in [2.05, 4.69) is 4.72 Å². The van der Waals surface area contributed by atoms with Gasteiger partial charge in [-0.15, -0.1) is 0 Å². The lowest BCUT2D eigenvalue weighted by Crippen LogP contribution is -2.32. The van der Waals surface area contributed by atoms with Crippen molar-refractivity contribution in [2.45, 2.75) is 30.1 Å². The molecule has 0 atom stereocenters. The number of hydrogen-bond acceptors (Lipinski definition) is 3. The molecule has 23 heavy (non-hydrogen) atoms. The van der Waals surface area contributed by atoms with Crippen LogP contribution in [0.15, 0.2) is 53.4 Å². The molecule has 0 aliphatic heterocycles. The molecule has 0 radical (unpaired) electrons. The monoisotopic (exact) mass is 331 g/mol. The summed E-state index contributed by atoms with van der Waals surface area (Å²) in [5.41, 5.74) is 2.01. The van der Waals surface area contributed by atoms with Gasteiger partial charge in [-0.1, -0.05) is 24.3 Å². The molecule has 2 aromatic carbocycles. The molecule has 1 fully saturated rings. The zero-order valence-corrected chi connectivity index (χ0v) is 14.2. The Hall–Kier alpha value is -1.85. The highest BCUT2D eigenvalue weighted by atomic mass is 32.2. The molecule has 0 saturated heterocycles. The first-order valence-corrected chi connectivity index (χ1v) is 9.14. The standard InChI is InChI=1S/C18H21NO3S/c1-14-4-3-5-17(12-14)23(20,21)19-13-18(10-11-18)15-6-8-16(22-2)9-7-15/h3-9,12,19H,10-11,13H2,1-2H3. The van der Waals surface area contributed by atoms with E-state index in [0.29, 0.717) is 11.4 Å². The van der Waals surface area contributed by atoms with Crippen LogP contribution in [0.4, 0.5) is 0 Å². The molecule has 0 aromatic heterocycles. The maximum Gasteiger partial charge on any atom is 0.240 e. The highest BCUT2D eigenvalue weighted by Gasteiger charge is 2.44. The van der Waals surface area contributed by atoms with Crippen molar-refractivity contribution in [1.82, 2.24) is 4.72 Å². The number of ether oxygens (including phenoxy) is 1. The third-order valence-electron chi connectivity index (χ3n) is 4.46. The Balaban J connectivity index is 1.74. The molecule has 3 rings (SSSR count). The molecule has 5 heteroatoms. The largest absolute Gasteiger partial charge is 0.497 e. The minimum atomic E-state index is -3.47. The van der Waals surface area contributed by atoms with Crippen LogP contribution in [0.3, 0.4) is 0 Å². The maximum absolute atomic E-state index is 12.5. The highest BCUT2D eigenvalue weighted by molar-refractivity contribution is 7.89. The predicted molar refractivity (Wildman–Crippen MR) is 90.3 cm³/mol. The summed E-state index contributed by atoms with van der Waals surface area (Å²) < 4.78 is 32.9. The average molecular weight is 331 g/mol. The van der Waals surface area contributed by atoms with Gasteiger partial charge < -0.3 is 4.74 Å². The Morgan fingerprint density at radius 2 is 1.83 bits per heavy atom. The maximum atomic E-state index is 12.5. The molecule has 0 unspecified atom stereocenters. The van der Waals surface area contributed by atoms with E-state index in [1.165, 1.54) is 0 Å². The zero-order valence-electron chi connectivity index (χ0n) is 13.4. The first-order valence-electron chi connectivity index (χ1n) is 7.66. The predicted octanol–water partition coefficient (Wildman–Crippen LogP) is 3.01. The fraction of sp³-hybridized carbons (Fsp3) is 0.333. The van der Waals surface area contributed by atoms with Crippen LogP contribution >= 0.6 is 0 Å². The summed E-state index contributed by atoms with van der Waals surface area (Å²) in [4.78, 5) is 0.322. The van der Waals surface area contributed by atoms with Crippen LogP contribution in [0, 0.1) is 6.92 Å². The van der Waals surface area contributed by atoms with E-state index in [4.69, 9.17) is 4.74 Å². The normalized spacial score (nSPS) is 16.1. The quantitative estimate of drug-likeness (QED) is 0.885. The van der Waals surface area contributed by atoms with Gasteiger partial charge in [0.1, 0.15) is 5.75 Å². The topological polar surface area (TPSA) is 55.4 Å². The van der Waals surface area contributed by atoms with Crippen LogP contribution in [0.1, 0.15) is 24.0 Å². The van der Waals surface area contributed by atoms with Crippen molar-refractivity contribution in [2.75, 3.05) is 13.7 Å². The lowest BCUT2D eigenvalue weighted by molar-refractivity contribution is 0.414. The van der Waals surface area contributed by atoms with Crippen LogP contribution in [0.5, 0.6) is 5.75 Å². The molecule has 1 saturated carbocycles. The van der Waals surface area contributed by atoms with E-state index in [0.717, 1.165) is 29.7 Å². The van der Waals surface area contributed by atoms with Gasteiger partial charge in [0.05, 0.1) is 12.0 Å². The van der Waals surface area contributed by atoms with E-state index in [1.807, 2.05) is 37.3 Å². The zero-order chi connectivity index (χ0) is 16.5. The molecule has 1 N–H and O–H groups in total. The van der Waals surface area contributed by atoms with Crippen molar-refractivity contribution in [3.63, 3.8) is 0 Å². The van der Waals surface area contributed by atoms with Crippen LogP contribution in [-0.2, 0) is 15.4 Å². The molecule has 2 aromatic rings. The number of rotatable bonds is 6. The van der Waals surface area contributed by atoms with Crippen LogP contribution in [-0.4, -0.2) is 22.1 Å². The summed E-state index contributed by atoms with van der Waals surface area (Å²) >= 11 is 0. The van der Waals surface area contributed by atoms with Crippen molar-refractivity contribution in [3.05, 3.63) is 59.7 Å². The number of sulfonamides is 1. The van der Waals surface area contributed by atoms with Crippen molar-refractivity contribution in [2.24, 2.45) is 0 Å². The summed E-state index contributed by atoms with van der Waals surface area (Å²) in [5, 5.41) is 0. The van der Waals surface area contributed by atoms with Crippen LogP contribution in [0.2, 0.25) is 0 Å². The van der Waals surface area contributed by atoms with Gasteiger partial charge in [-0.05, 0) is 55.2 Å². The Bertz CT molecular complexity index is 793. The fourth-order valence-corrected chi connectivity index (χ4v) is 3.99. The van der Waals surface area contributed by atoms with E-state index >= 15 is 0 Å². The van der Waals surface area contributed by atoms with Crippen LogP contribution in [0.25, 0.3) is 0 Å². The van der Waals surface area contributed by atoms with Gasteiger partial charge in [0, 0.05) is 12.0 Å². The Morgan fingerprint density at radius 1 is 1.13 bits per heavy atom. The highest BCUT2D eigenvalue weighted by Crippen LogP contribution is 2.48. The van der Waals surface area contributed by atoms with Gasteiger partial charge in [-0.3, -0.25) is 0 Å². The minimum absolute atomic E-state index is 0.0802. The number of hydrogen-bond donors (Lipinski definition) is 1. The first kappa shape index (κ1) is 16.0. The Kier molecular flexibility index (Phi) is 4.17. The van der Waals surface area contributed by atoms with Crippen molar-refractivity contribution in [1.29, 1.82) is 0 Å². The second-order valence-electron chi connectivity index (χ2n) is 6.15. The Labute approximate surface area is 137 Å². The molecule has 4 nitrogen and oxygen atoms in total. The Morgan fingerprint density at radius 3 is 2.39 bits per heavy atom. The third kappa shape index (κ3) is 3.41. The molecular weight excluding hydrogens is 310 g/mol. The van der Waals surface area contributed by atoms with Gasteiger partial charge in [-0.2, -0.15) is 0 Å². The van der Waals surface area contributed by atoms with Crippen molar-refractivity contribution >= 4 is 10.0 Å². The number of methoxy groups -OCH3 is 1. The average Bonchev–Trinajstić information content (AvgIpc) is 3.34.